The van der Waals surface area contributed by atoms with Crippen molar-refractivity contribution < 1.29 is 22.7 Å². The molecule has 1 heterocycles. The maximum Gasteiger partial charge on any atom is 0.407 e. The highest BCUT2D eigenvalue weighted by Gasteiger charge is 2.57. The van der Waals surface area contributed by atoms with Crippen LogP contribution in [0.1, 0.15) is 45.2 Å². The third-order valence-electron chi connectivity index (χ3n) is 6.24. The first-order valence-electron chi connectivity index (χ1n) is 11.4. The van der Waals surface area contributed by atoms with Gasteiger partial charge in [-0.3, -0.25) is 4.79 Å². The van der Waals surface area contributed by atoms with Gasteiger partial charge in [0.1, 0.15) is 6.61 Å². The highest BCUT2D eigenvalue weighted by Crippen LogP contribution is 2.44. The summed E-state index contributed by atoms with van der Waals surface area (Å²) in [5.74, 6) is -0.336. The number of sulfonamides is 1. The van der Waals surface area contributed by atoms with E-state index in [-0.39, 0.29) is 30.0 Å². The number of hydrogen-bond donors (Lipinski definition) is 2. The molecule has 1 aliphatic rings. The Morgan fingerprint density at radius 2 is 1.69 bits per heavy atom. The lowest BCUT2D eigenvalue weighted by molar-refractivity contribution is -0.117. The molecule has 8 nitrogen and oxygen atoms in total. The van der Waals surface area contributed by atoms with Crippen molar-refractivity contribution in [2.75, 3.05) is 0 Å². The monoisotopic (exact) mass is 499 g/mol. The van der Waals surface area contributed by atoms with E-state index in [1.54, 1.807) is 12.1 Å². The number of nitrogens with zero attached hydrogens (tertiary/aromatic N) is 1. The third-order valence-corrected chi connectivity index (χ3v) is 8.56. The summed E-state index contributed by atoms with van der Waals surface area (Å²) in [5.41, 5.74) is 0.0430. The highest BCUT2D eigenvalue weighted by atomic mass is 32.2. The summed E-state index contributed by atoms with van der Waals surface area (Å²) in [6, 6.07) is 15.4. The van der Waals surface area contributed by atoms with E-state index in [9.17, 15) is 18.0 Å². The van der Waals surface area contributed by atoms with E-state index in [1.807, 2.05) is 58.0 Å². The molecule has 0 bridgehead atoms. The van der Waals surface area contributed by atoms with Crippen LogP contribution in [0.5, 0.6) is 0 Å². The van der Waals surface area contributed by atoms with Crippen LogP contribution in [0.4, 0.5) is 4.79 Å². The zero-order valence-corrected chi connectivity index (χ0v) is 21.4. The Hall–Kier alpha value is -3.17. The second-order valence-electron chi connectivity index (χ2n) is 9.76. The van der Waals surface area contributed by atoms with E-state index in [1.165, 1.54) is 22.5 Å². The summed E-state index contributed by atoms with van der Waals surface area (Å²) in [4.78, 5) is 24.1. The molecule has 2 N–H and O–H groups in total. The Kier molecular flexibility index (Phi) is 7.71. The standard InChI is InChI=1S/C26H33N3O5S/c1-6-23(30)28-22-16-25(2,3)29(26(22,4)5)35(32,33)21-14-12-19(13-15-21)17-27-24(31)34-18-20-10-8-7-9-11-20/h6-15,22H,1,16-18H2,2-5H3,(H,27,31)(H,28,30). The summed E-state index contributed by atoms with van der Waals surface area (Å²) in [7, 11) is -3.87. The molecule has 0 saturated carbocycles. The van der Waals surface area contributed by atoms with Gasteiger partial charge in [-0.25, -0.2) is 13.2 Å². The molecular weight excluding hydrogens is 466 g/mol. The van der Waals surface area contributed by atoms with Crippen LogP contribution in [0.2, 0.25) is 0 Å². The summed E-state index contributed by atoms with van der Waals surface area (Å²) >= 11 is 0. The number of benzene rings is 2. The smallest absolute Gasteiger partial charge is 0.407 e. The fourth-order valence-electron chi connectivity index (χ4n) is 4.68. The number of carbonyl (C=O) groups is 2. The van der Waals surface area contributed by atoms with Crippen LogP contribution < -0.4 is 10.6 Å². The third kappa shape index (κ3) is 5.91. The average molecular weight is 500 g/mol. The minimum absolute atomic E-state index is 0.143. The molecule has 1 atom stereocenters. The molecule has 1 saturated heterocycles. The molecule has 0 aliphatic carbocycles. The van der Waals surface area contributed by atoms with Gasteiger partial charge < -0.3 is 15.4 Å². The number of alkyl carbamates (subject to hydrolysis) is 1. The van der Waals surface area contributed by atoms with Gasteiger partial charge in [0, 0.05) is 18.1 Å². The molecule has 2 amide bonds. The summed E-state index contributed by atoms with van der Waals surface area (Å²) < 4.78 is 34.0. The fraction of sp³-hybridized carbons (Fsp3) is 0.385. The summed E-state index contributed by atoms with van der Waals surface area (Å²) in [6.07, 6.45) is 1.09. The molecule has 1 fully saturated rings. The Bertz CT molecular complexity index is 1180. The molecule has 0 spiro atoms. The molecule has 35 heavy (non-hydrogen) atoms. The van der Waals surface area contributed by atoms with Crippen LogP contribution >= 0.6 is 0 Å². The van der Waals surface area contributed by atoms with Gasteiger partial charge in [-0.05, 0) is 63.5 Å². The number of hydrogen-bond acceptors (Lipinski definition) is 5. The average Bonchev–Trinajstić information content (AvgIpc) is 3.00. The predicted octanol–water partition coefficient (Wildman–Crippen LogP) is 3.74. The lowest BCUT2D eigenvalue weighted by Crippen LogP contribution is -2.56. The molecule has 0 radical (unpaired) electrons. The molecular formula is C26H33N3O5S. The molecule has 0 aromatic heterocycles. The van der Waals surface area contributed by atoms with Gasteiger partial charge >= 0.3 is 6.09 Å². The lowest BCUT2D eigenvalue weighted by Gasteiger charge is -2.40. The zero-order chi connectivity index (χ0) is 25.9. The van der Waals surface area contributed by atoms with Gasteiger partial charge in [-0.2, -0.15) is 4.31 Å². The van der Waals surface area contributed by atoms with Crippen LogP contribution in [-0.2, 0) is 32.7 Å². The maximum atomic E-state index is 13.7. The quantitative estimate of drug-likeness (QED) is 0.539. The first kappa shape index (κ1) is 26.4. The maximum absolute atomic E-state index is 13.7. The van der Waals surface area contributed by atoms with E-state index in [4.69, 9.17) is 4.74 Å². The largest absolute Gasteiger partial charge is 0.445 e. The SMILES string of the molecule is C=CC(=O)NC1CC(C)(C)N(S(=O)(=O)c2ccc(CNC(=O)OCc3ccccc3)cc2)C1(C)C. The van der Waals surface area contributed by atoms with Crippen molar-refractivity contribution in [1.29, 1.82) is 0 Å². The Morgan fingerprint density at radius 1 is 1.06 bits per heavy atom. The molecule has 2 aromatic carbocycles. The molecule has 1 unspecified atom stereocenters. The second-order valence-corrected chi connectivity index (χ2v) is 11.6. The fourth-order valence-corrected chi connectivity index (χ4v) is 6.84. The predicted molar refractivity (Wildman–Crippen MR) is 134 cm³/mol. The highest BCUT2D eigenvalue weighted by molar-refractivity contribution is 7.89. The normalized spacial score (nSPS) is 19.0. The van der Waals surface area contributed by atoms with Crippen molar-refractivity contribution in [2.45, 2.75) is 69.3 Å². The van der Waals surface area contributed by atoms with Gasteiger partial charge in [-0.15, -0.1) is 0 Å². The minimum atomic E-state index is -3.87. The first-order chi connectivity index (χ1) is 16.4. The van der Waals surface area contributed by atoms with Crippen molar-refractivity contribution in [3.63, 3.8) is 0 Å². The van der Waals surface area contributed by atoms with Crippen molar-refractivity contribution in [3.05, 3.63) is 78.4 Å². The topological polar surface area (TPSA) is 105 Å². The van der Waals surface area contributed by atoms with E-state index in [0.29, 0.717) is 6.42 Å². The van der Waals surface area contributed by atoms with Gasteiger partial charge in [0.15, 0.2) is 0 Å². The van der Waals surface area contributed by atoms with Crippen molar-refractivity contribution >= 4 is 22.0 Å². The molecule has 188 valence electrons. The lowest BCUT2D eigenvalue weighted by atomic mass is 9.94. The number of nitrogens with one attached hydrogen (secondary N) is 2. The van der Waals surface area contributed by atoms with E-state index in [0.717, 1.165) is 11.1 Å². The van der Waals surface area contributed by atoms with Gasteiger partial charge in [-0.1, -0.05) is 49.0 Å². The summed E-state index contributed by atoms with van der Waals surface area (Å²) in [6.45, 7) is 11.2. The molecule has 2 aromatic rings. The van der Waals surface area contributed by atoms with Crippen LogP contribution in [0.3, 0.4) is 0 Å². The number of amides is 2. The Morgan fingerprint density at radius 3 is 2.29 bits per heavy atom. The second kappa shape index (κ2) is 10.2. The first-order valence-corrected chi connectivity index (χ1v) is 12.8. The summed E-state index contributed by atoms with van der Waals surface area (Å²) in [5, 5.41) is 5.54. The zero-order valence-electron chi connectivity index (χ0n) is 20.6. The minimum Gasteiger partial charge on any atom is -0.445 e. The van der Waals surface area contributed by atoms with Gasteiger partial charge in [0.25, 0.3) is 0 Å². The van der Waals surface area contributed by atoms with E-state index < -0.39 is 27.2 Å². The number of ether oxygens (including phenoxy) is 1. The van der Waals surface area contributed by atoms with Gasteiger partial charge in [0.05, 0.1) is 10.4 Å². The van der Waals surface area contributed by atoms with Crippen LogP contribution in [0, 0.1) is 0 Å². The van der Waals surface area contributed by atoms with Crippen molar-refractivity contribution in [2.24, 2.45) is 0 Å². The molecule has 9 heteroatoms. The van der Waals surface area contributed by atoms with E-state index >= 15 is 0 Å². The van der Waals surface area contributed by atoms with E-state index in [2.05, 4.69) is 17.2 Å². The van der Waals surface area contributed by atoms with Gasteiger partial charge in [0.2, 0.25) is 15.9 Å². The van der Waals surface area contributed by atoms with Crippen LogP contribution in [0.15, 0.2) is 72.1 Å². The number of carbonyl (C=O) groups excluding carboxylic acids is 2. The number of rotatable bonds is 8. The molecule has 1 aliphatic heterocycles. The van der Waals surface area contributed by atoms with Crippen molar-refractivity contribution in [1.82, 2.24) is 14.9 Å². The van der Waals surface area contributed by atoms with Crippen molar-refractivity contribution in [3.8, 4) is 0 Å². The van der Waals surface area contributed by atoms with Crippen LogP contribution in [-0.4, -0.2) is 41.8 Å². The molecule has 3 rings (SSSR count). The van der Waals surface area contributed by atoms with Crippen LogP contribution in [0.25, 0.3) is 0 Å². The Labute approximate surface area is 207 Å². The Balaban J connectivity index is 1.68.